The molecular formula is C24H29N5O3. The van der Waals surface area contributed by atoms with Crippen molar-refractivity contribution >= 4 is 11.5 Å². The Bertz CT molecular complexity index is 1190. The van der Waals surface area contributed by atoms with Crippen molar-refractivity contribution in [1.82, 2.24) is 19.9 Å². The highest BCUT2D eigenvalue weighted by molar-refractivity contribution is 6.07. The molecule has 32 heavy (non-hydrogen) atoms. The lowest BCUT2D eigenvalue weighted by Gasteiger charge is -2.09. The van der Waals surface area contributed by atoms with Crippen molar-refractivity contribution in [3.05, 3.63) is 87.7 Å². The molecule has 0 radical (unpaired) electrons. The molecule has 8 nitrogen and oxygen atoms in total. The minimum atomic E-state index is -0.332. The lowest BCUT2D eigenvalue weighted by molar-refractivity contribution is 0.104. The number of carbonyl (C=O) groups is 1. The van der Waals surface area contributed by atoms with Gasteiger partial charge in [-0.05, 0) is 31.2 Å². The summed E-state index contributed by atoms with van der Waals surface area (Å²) in [5, 5.41) is 3.09. The maximum atomic E-state index is 12.9. The Morgan fingerprint density at radius 3 is 2.69 bits per heavy atom. The molecule has 3 aromatic rings. The Labute approximate surface area is 188 Å². The average molecular weight is 436 g/mol. The summed E-state index contributed by atoms with van der Waals surface area (Å²) in [5.74, 6) is -0.332. The average Bonchev–Trinajstić information content (AvgIpc) is 2.79. The summed E-state index contributed by atoms with van der Waals surface area (Å²) in [7, 11) is 3.46. The zero-order valence-electron chi connectivity index (χ0n) is 18.5. The third-order valence-electron chi connectivity index (χ3n) is 4.96. The minimum absolute atomic E-state index is 0. The maximum Gasteiger partial charge on any atom is 0.250 e. The van der Waals surface area contributed by atoms with Crippen LogP contribution in [0, 0.1) is 6.92 Å². The second-order valence-corrected chi connectivity index (χ2v) is 7.32. The molecule has 0 aliphatic rings. The number of ether oxygens (including phenoxy) is 1. The molecule has 0 atom stereocenters. The van der Waals surface area contributed by atoms with Crippen molar-refractivity contribution in [3.8, 4) is 11.3 Å². The van der Waals surface area contributed by atoms with Crippen molar-refractivity contribution in [2.75, 3.05) is 20.8 Å². The SMILES string of the molecule is CNCc1ccc(C(N)=CC(=O)c2nc(-c3ccc(=O)n(CCOC)c3)cnc2C)cc1.[HH]. The maximum absolute atomic E-state index is 12.9. The Hall–Kier alpha value is -3.62. The molecule has 0 saturated heterocycles. The number of hydrogen-bond donors (Lipinski definition) is 2. The number of aromatic nitrogens is 3. The molecule has 2 heterocycles. The molecule has 0 saturated carbocycles. The highest BCUT2D eigenvalue weighted by Crippen LogP contribution is 2.18. The quantitative estimate of drug-likeness (QED) is 0.392. The third kappa shape index (κ3) is 5.54. The van der Waals surface area contributed by atoms with Crippen molar-refractivity contribution in [2.45, 2.75) is 20.0 Å². The van der Waals surface area contributed by atoms with Gasteiger partial charge in [0.15, 0.2) is 0 Å². The van der Waals surface area contributed by atoms with Crippen molar-refractivity contribution in [1.29, 1.82) is 0 Å². The number of hydrogen-bond acceptors (Lipinski definition) is 7. The highest BCUT2D eigenvalue weighted by Gasteiger charge is 2.14. The second-order valence-electron chi connectivity index (χ2n) is 7.32. The summed E-state index contributed by atoms with van der Waals surface area (Å²) in [6.07, 6.45) is 4.64. The molecule has 0 spiro atoms. The molecule has 0 fully saturated rings. The third-order valence-corrected chi connectivity index (χ3v) is 4.96. The molecule has 8 heteroatoms. The zero-order chi connectivity index (χ0) is 23.1. The van der Waals surface area contributed by atoms with Crippen LogP contribution in [0.15, 0.2) is 59.7 Å². The van der Waals surface area contributed by atoms with E-state index >= 15 is 0 Å². The van der Waals surface area contributed by atoms with E-state index in [0.29, 0.717) is 35.8 Å². The fourth-order valence-electron chi connectivity index (χ4n) is 3.18. The Kier molecular flexibility index (Phi) is 7.64. The normalized spacial score (nSPS) is 11.5. The number of benzene rings is 1. The van der Waals surface area contributed by atoms with Crippen LogP contribution in [-0.4, -0.2) is 41.1 Å². The summed E-state index contributed by atoms with van der Waals surface area (Å²) < 4.78 is 6.59. The summed E-state index contributed by atoms with van der Waals surface area (Å²) in [6.45, 7) is 3.30. The predicted octanol–water partition coefficient (Wildman–Crippen LogP) is 2.41. The standard InChI is InChI=1S/C24H27N5O3.H2/c1-16-24(22(30)12-20(25)18-6-4-17(5-7-18)13-26-2)28-21(14-27-16)19-8-9-23(31)29(15-19)10-11-32-3;/h4-9,12,14-15,26H,10-11,13,25H2,1-3H3;1H. The van der Waals surface area contributed by atoms with Crippen molar-refractivity contribution in [2.24, 2.45) is 5.73 Å². The number of pyridine rings is 1. The van der Waals surface area contributed by atoms with Gasteiger partial charge < -0.3 is 20.4 Å². The van der Waals surface area contributed by atoms with Gasteiger partial charge in [0.05, 0.1) is 24.2 Å². The lowest BCUT2D eigenvalue weighted by Crippen LogP contribution is -2.20. The van der Waals surface area contributed by atoms with Gasteiger partial charge in [0, 0.05) is 51.2 Å². The summed E-state index contributed by atoms with van der Waals surface area (Å²) in [4.78, 5) is 33.8. The molecule has 0 aliphatic heterocycles. The fraction of sp³-hybridized carbons (Fsp3) is 0.250. The molecule has 168 valence electrons. The topological polar surface area (TPSA) is 112 Å². The summed E-state index contributed by atoms with van der Waals surface area (Å²) in [6, 6.07) is 10.8. The van der Waals surface area contributed by atoms with E-state index in [0.717, 1.165) is 17.7 Å². The van der Waals surface area contributed by atoms with E-state index < -0.39 is 0 Å². The Balaban J connectivity index is 0.00000385. The van der Waals surface area contributed by atoms with Crippen LogP contribution in [0.3, 0.4) is 0 Å². The molecule has 2 aromatic heterocycles. The number of nitrogens with two attached hydrogens (primary N) is 1. The molecule has 0 unspecified atom stereocenters. The molecule has 3 N–H and O–H groups in total. The molecule has 1 aromatic carbocycles. The van der Waals surface area contributed by atoms with Gasteiger partial charge in [0.2, 0.25) is 5.78 Å². The molecular weight excluding hydrogens is 406 g/mol. The van der Waals surface area contributed by atoms with Crippen molar-refractivity contribution < 1.29 is 11.0 Å². The van der Waals surface area contributed by atoms with Crippen LogP contribution in [0.2, 0.25) is 0 Å². The first-order valence-corrected chi connectivity index (χ1v) is 10.2. The second kappa shape index (κ2) is 10.6. The number of nitrogens with one attached hydrogen (secondary N) is 1. The number of nitrogens with zero attached hydrogens (tertiary/aromatic N) is 3. The highest BCUT2D eigenvalue weighted by atomic mass is 16.5. The van der Waals surface area contributed by atoms with Crippen LogP contribution >= 0.6 is 0 Å². The number of ketones is 1. The lowest BCUT2D eigenvalue weighted by atomic mass is 10.1. The first-order valence-electron chi connectivity index (χ1n) is 10.2. The number of allylic oxidation sites excluding steroid dienone is 1. The van der Waals surface area contributed by atoms with E-state index in [9.17, 15) is 9.59 Å². The van der Waals surface area contributed by atoms with E-state index in [2.05, 4.69) is 15.3 Å². The van der Waals surface area contributed by atoms with Gasteiger partial charge in [-0.2, -0.15) is 0 Å². The number of methoxy groups -OCH3 is 1. The number of carbonyl (C=O) groups excluding carboxylic acids is 1. The van der Waals surface area contributed by atoms with Gasteiger partial charge in [-0.1, -0.05) is 24.3 Å². The smallest absolute Gasteiger partial charge is 0.250 e. The van der Waals surface area contributed by atoms with Gasteiger partial charge in [0.1, 0.15) is 5.69 Å². The van der Waals surface area contributed by atoms with Gasteiger partial charge in [-0.15, -0.1) is 0 Å². The van der Waals surface area contributed by atoms with Crippen LogP contribution in [0.1, 0.15) is 28.7 Å². The number of rotatable bonds is 9. The van der Waals surface area contributed by atoms with Crippen molar-refractivity contribution in [3.63, 3.8) is 0 Å². The summed E-state index contributed by atoms with van der Waals surface area (Å²) in [5.41, 5.74) is 10.1. The Morgan fingerprint density at radius 2 is 2.00 bits per heavy atom. The molecule has 0 aliphatic carbocycles. The van der Waals surface area contributed by atoms with Crippen LogP contribution in [0.25, 0.3) is 17.0 Å². The van der Waals surface area contributed by atoms with Crippen LogP contribution in [-0.2, 0) is 17.8 Å². The van der Waals surface area contributed by atoms with Crippen LogP contribution in [0.5, 0.6) is 0 Å². The first-order chi connectivity index (χ1) is 15.4. The van der Waals surface area contributed by atoms with E-state index in [4.69, 9.17) is 10.5 Å². The predicted molar refractivity (Wildman–Crippen MR) is 126 cm³/mol. The fourth-order valence-corrected chi connectivity index (χ4v) is 3.18. The van der Waals surface area contributed by atoms with Gasteiger partial charge in [-0.25, -0.2) is 4.98 Å². The van der Waals surface area contributed by atoms with Gasteiger partial charge >= 0.3 is 0 Å². The van der Waals surface area contributed by atoms with E-state index in [1.165, 1.54) is 16.7 Å². The minimum Gasteiger partial charge on any atom is -0.398 e. The largest absolute Gasteiger partial charge is 0.398 e. The zero-order valence-corrected chi connectivity index (χ0v) is 18.5. The Morgan fingerprint density at radius 1 is 1.25 bits per heavy atom. The van der Waals surface area contributed by atoms with Crippen LogP contribution in [0.4, 0.5) is 0 Å². The molecule has 0 bridgehead atoms. The van der Waals surface area contributed by atoms with E-state index in [1.807, 2.05) is 31.3 Å². The van der Waals surface area contributed by atoms with Gasteiger partial charge in [-0.3, -0.25) is 14.6 Å². The van der Waals surface area contributed by atoms with Crippen LogP contribution < -0.4 is 16.6 Å². The van der Waals surface area contributed by atoms with E-state index in [1.54, 1.807) is 32.5 Å². The number of aryl methyl sites for hydroxylation is 1. The molecule has 0 amide bonds. The van der Waals surface area contributed by atoms with Gasteiger partial charge in [0.25, 0.3) is 5.56 Å². The molecule has 3 rings (SSSR count). The van der Waals surface area contributed by atoms with E-state index in [-0.39, 0.29) is 18.5 Å². The monoisotopic (exact) mass is 435 g/mol. The first kappa shape index (κ1) is 23.1. The summed E-state index contributed by atoms with van der Waals surface area (Å²) >= 11 is 0.